The molecule has 144 valence electrons. The lowest BCUT2D eigenvalue weighted by atomic mass is 10.2. The predicted molar refractivity (Wildman–Crippen MR) is 111 cm³/mol. The summed E-state index contributed by atoms with van der Waals surface area (Å²) in [5.41, 5.74) is 1.83. The van der Waals surface area contributed by atoms with Crippen LogP contribution in [0, 0.1) is 6.92 Å². The molecular formula is C21H18Cl2N2O3. The first-order chi connectivity index (χ1) is 13.5. The van der Waals surface area contributed by atoms with Crippen molar-refractivity contribution in [1.29, 1.82) is 0 Å². The van der Waals surface area contributed by atoms with Crippen LogP contribution in [0.5, 0.6) is 17.2 Å². The van der Waals surface area contributed by atoms with Crippen molar-refractivity contribution in [3.05, 3.63) is 76.0 Å². The number of carbonyl (C=O) groups is 1. The van der Waals surface area contributed by atoms with E-state index >= 15 is 0 Å². The number of amides is 1. The lowest BCUT2D eigenvalue weighted by Crippen LogP contribution is -2.15. The molecule has 0 spiro atoms. The highest BCUT2D eigenvalue weighted by Crippen LogP contribution is 2.31. The van der Waals surface area contributed by atoms with E-state index < -0.39 is 0 Å². The van der Waals surface area contributed by atoms with Gasteiger partial charge in [-0.2, -0.15) is 0 Å². The van der Waals surface area contributed by atoms with Crippen molar-refractivity contribution in [3.8, 4) is 17.2 Å². The van der Waals surface area contributed by atoms with Crippen LogP contribution in [0.4, 0.5) is 5.69 Å². The monoisotopic (exact) mass is 416 g/mol. The van der Waals surface area contributed by atoms with Crippen LogP contribution in [0.1, 0.15) is 11.3 Å². The van der Waals surface area contributed by atoms with Crippen LogP contribution in [0.2, 0.25) is 10.2 Å². The predicted octanol–water partition coefficient (Wildman–Crippen LogP) is 5.68. The number of pyridine rings is 1. The molecule has 0 saturated heterocycles. The number of rotatable bonds is 6. The minimum Gasteiger partial charge on any atom is -0.493 e. The summed E-state index contributed by atoms with van der Waals surface area (Å²) in [5, 5.41) is 3.47. The van der Waals surface area contributed by atoms with Gasteiger partial charge in [-0.25, -0.2) is 4.98 Å². The van der Waals surface area contributed by atoms with Crippen molar-refractivity contribution < 1.29 is 14.3 Å². The summed E-state index contributed by atoms with van der Waals surface area (Å²) < 4.78 is 11.1. The zero-order valence-electron chi connectivity index (χ0n) is 15.3. The molecule has 1 heterocycles. The summed E-state index contributed by atoms with van der Waals surface area (Å²) in [6.45, 7) is 1.79. The fourth-order valence-electron chi connectivity index (χ4n) is 2.58. The second-order valence-corrected chi connectivity index (χ2v) is 6.78. The van der Waals surface area contributed by atoms with Gasteiger partial charge in [-0.3, -0.25) is 4.79 Å². The number of ether oxygens (including phenoxy) is 2. The number of para-hydroxylation sites is 2. The van der Waals surface area contributed by atoms with Gasteiger partial charge >= 0.3 is 0 Å². The normalized spacial score (nSPS) is 10.4. The maximum absolute atomic E-state index is 12.3. The smallest absolute Gasteiger partial charge is 0.228 e. The van der Waals surface area contributed by atoms with E-state index in [0.717, 1.165) is 0 Å². The highest BCUT2D eigenvalue weighted by Gasteiger charge is 2.13. The number of anilines is 1. The van der Waals surface area contributed by atoms with E-state index in [-0.39, 0.29) is 17.5 Å². The molecule has 3 rings (SSSR count). The van der Waals surface area contributed by atoms with Crippen LogP contribution >= 0.6 is 23.2 Å². The number of benzene rings is 2. The quantitative estimate of drug-likeness (QED) is 0.525. The lowest BCUT2D eigenvalue weighted by Gasteiger charge is -2.11. The Balaban J connectivity index is 1.65. The molecule has 0 aliphatic carbocycles. The Kier molecular flexibility index (Phi) is 6.39. The van der Waals surface area contributed by atoms with Crippen molar-refractivity contribution >= 4 is 34.8 Å². The first-order valence-corrected chi connectivity index (χ1v) is 9.24. The van der Waals surface area contributed by atoms with E-state index in [1.165, 1.54) is 0 Å². The number of halogens is 2. The third kappa shape index (κ3) is 4.94. The molecule has 7 heteroatoms. The molecule has 5 nitrogen and oxygen atoms in total. The molecule has 1 amide bonds. The summed E-state index contributed by atoms with van der Waals surface area (Å²) >= 11 is 12.3. The van der Waals surface area contributed by atoms with E-state index in [0.29, 0.717) is 39.2 Å². The number of aryl methyl sites for hydroxylation is 1. The Bertz CT molecular complexity index is 968. The highest BCUT2D eigenvalue weighted by atomic mass is 35.5. The number of nitrogens with one attached hydrogen (secondary N) is 1. The maximum Gasteiger partial charge on any atom is 0.228 e. The Morgan fingerprint density at radius 3 is 2.39 bits per heavy atom. The fraction of sp³-hybridized carbons (Fsp3) is 0.143. The molecule has 1 aromatic heterocycles. The van der Waals surface area contributed by atoms with E-state index in [2.05, 4.69) is 10.3 Å². The number of nitrogens with zero attached hydrogens (tertiary/aromatic N) is 1. The van der Waals surface area contributed by atoms with Crippen LogP contribution in [-0.4, -0.2) is 18.0 Å². The molecule has 0 atom stereocenters. The molecule has 0 radical (unpaired) electrons. The maximum atomic E-state index is 12.3. The fourth-order valence-corrected chi connectivity index (χ4v) is 3.25. The summed E-state index contributed by atoms with van der Waals surface area (Å²) in [6, 6.07) is 16.1. The molecule has 2 aromatic carbocycles. The Morgan fingerprint density at radius 1 is 1.07 bits per heavy atom. The van der Waals surface area contributed by atoms with E-state index in [4.69, 9.17) is 32.7 Å². The first-order valence-electron chi connectivity index (χ1n) is 8.48. The van der Waals surface area contributed by atoms with Gasteiger partial charge in [0.25, 0.3) is 0 Å². The van der Waals surface area contributed by atoms with E-state index in [1.807, 2.05) is 24.3 Å². The number of carbonyl (C=O) groups excluding carboxylic acids is 1. The molecule has 3 aromatic rings. The zero-order valence-corrected chi connectivity index (χ0v) is 16.8. The third-order valence-corrected chi connectivity index (χ3v) is 4.57. The van der Waals surface area contributed by atoms with Crippen LogP contribution in [0.25, 0.3) is 0 Å². The molecule has 0 bridgehead atoms. The Hall–Kier alpha value is -2.76. The van der Waals surface area contributed by atoms with Crippen molar-refractivity contribution in [3.63, 3.8) is 0 Å². The van der Waals surface area contributed by atoms with Crippen molar-refractivity contribution in [2.45, 2.75) is 13.3 Å². The van der Waals surface area contributed by atoms with Gasteiger partial charge in [0, 0.05) is 22.0 Å². The second kappa shape index (κ2) is 8.95. The molecule has 28 heavy (non-hydrogen) atoms. The van der Waals surface area contributed by atoms with E-state index in [9.17, 15) is 4.79 Å². The Labute approximate surface area is 173 Å². The van der Waals surface area contributed by atoms with Crippen molar-refractivity contribution in [2.24, 2.45) is 0 Å². The standard InChI is InChI=1S/C21H18Cl2N2O3/c1-13-11-17(22)16(21(23)24-13)12-20(26)25-14-7-9-15(10-8-14)28-19-6-4-3-5-18(19)27-2/h3-11H,12H2,1-2H3,(H,25,26). The van der Waals surface area contributed by atoms with Gasteiger partial charge < -0.3 is 14.8 Å². The molecule has 0 aliphatic heterocycles. The van der Waals surface area contributed by atoms with Crippen molar-refractivity contribution in [2.75, 3.05) is 12.4 Å². The highest BCUT2D eigenvalue weighted by molar-refractivity contribution is 6.35. The second-order valence-electron chi connectivity index (χ2n) is 6.02. The minimum absolute atomic E-state index is 0.0322. The van der Waals surface area contributed by atoms with Gasteiger partial charge in [0.1, 0.15) is 10.9 Å². The number of hydrogen-bond acceptors (Lipinski definition) is 4. The van der Waals surface area contributed by atoms with Gasteiger partial charge in [-0.1, -0.05) is 35.3 Å². The molecule has 0 saturated carbocycles. The summed E-state index contributed by atoms with van der Waals surface area (Å²) in [6.07, 6.45) is 0.0322. The van der Waals surface area contributed by atoms with Crippen LogP contribution < -0.4 is 14.8 Å². The SMILES string of the molecule is COc1ccccc1Oc1ccc(NC(=O)Cc2c(Cl)cc(C)nc2Cl)cc1. The number of hydrogen-bond donors (Lipinski definition) is 1. The van der Waals surface area contributed by atoms with Crippen LogP contribution in [-0.2, 0) is 11.2 Å². The molecule has 0 fully saturated rings. The molecule has 0 unspecified atom stereocenters. The van der Waals surface area contributed by atoms with Crippen LogP contribution in [0.15, 0.2) is 54.6 Å². The number of methoxy groups -OCH3 is 1. The van der Waals surface area contributed by atoms with Gasteiger partial charge in [0.15, 0.2) is 11.5 Å². The molecular weight excluding hydrogens is 399 g/mol. The third-order valence-electron chi connectivity index (χ3n) is 3.92. The average Bonchev–Trinajstić information content (AvgIpc) is 2.66. The Morgan fingerprint density at radius 2 is 1.75 bits per heavy atom. The topological polar surface area (TPSA) is 60.5 Å². The van der Waals surface area contributed by atoms with Gasteiger partial charge in [-0.05, 0) is 49.4 Å². The average molecular weight is 417 g/mol. The van der Waals surface area contributed by atoms with Crippen LogP contribution in [0.3, 0.4) is 0 Å². The minimum atomic E-state index is -0.243. The summed E-state index contributed by atoms with van der Waals surface area (Å²) in [4.78, 5) is 16.5. The first kappa shape index (κ1) is 20.0. The molecule has 0 aliphatic rings. The summed E-state index contributed by atoms with van der Waals surface area (Å²) in [7, 11) is 1.59. The lowest BCUT2D eigenvalue weighted by molar-refractivity contribution is -0.115. The van der Waals surface area contributed by atoms with Crippen molar-refractivity contribution in [1.82, 2.24) is 4.98 Å². The summed E-state index contributed by atoms with van der Waals surface area (Å²) in [5.74, 6) is 1.63. The van der Waals surface area contributed by atoms with Gasteiger partial charge in [0.05, 0.1) is 13.5 Å². The zero-order chi connectivity index (χ0) is 20.1. The molecule has 1 N–H and O–H groups in total. The van der Waals surface area contributed by atoms with E-state index in [1.54, 1.807) is 44.4 Å². The number of aromatic nitrogens is 1. The van der Waals surface area contributed by atoms with Gasteiger partial charge in [0.2, 0.25) is 5.91 Å². The van der Waals surface area contributed by atoms with Gasteiger partial charge in [-0.15, -0.1) is 0 Å². The largest absolute Gasteiger partial charge is 0.493 e.